The first-order chi connectivity index (χ1) is 38.0. The lowest BCUT2D eigenvalue weighted by Crippen LogP contribution is -2.66. The van der Waals surface area contributed by atoms with E-state index in [9.17, 15) is 57.8 Å². The van der Waals surface area contributed by atoms with Crippen LogP contribution in [-0.2, 0) is 52.7 Å². The summed E-state index contributed by atoms with van der Waals surface area (Å²) in [5.41, 5.74) is -5.02. The van der Waals surface area contributed by atoms with Crippen molar-refractivity contribution in [2.45, 2.75) is 247 Å². The van der Waals surface area contributed by atoms with E-state index in [0.29, 0.717) is 45.3 Å². The highest BCUT2D eigenvalue weighted by Gasteiger charge is 2.43. The van der Waals surface area contributed by atoms with Gasteiger partial charge in [-0.15, -0.1) is 0 Å². The number of hydrogen-bond acceptors (Lipinski definition) is 14. The maximum Gasteiger partial charge on any atom is 0.246 e. The normalized spacial score (nSPS) is 16.7. The number of likely N-dealkylation sites (tertiary alicyclic amines) is 1. The maximum absolute atomic E-state index is 14.3. The lowest BCUT2D eigenvalue weighted by atomic mass is 9.92. The molecule has 24 nitrogen and oxygen atoms in total. The van der Waals surface area contributed by atoms with Crippen LogP contribution in [-0.4, -0.2) is 172 Å². The van der Waals surface area contributed by atoms with E-state index in [0.717, 1.165) is 0 Å². The van der Waals surface area contributed by atoms with E-state index in [1.165, 1.54) is 46.4 Å². The number of carbonyl (C=O) groups is 11. The van der Waals surface area contributed by atoms with Crippen molar-refractivity contribution >= 4 is 64.9 Å². The molecule has 0 saturated carbocycles. The van der Waals surface area contributed by atoms with E-state index in [2.05, 4.69) is 53.2 Å². The van der Waals surface area contributed by atoms with E-state index in [-0.39, 0.29) is 100.0 Å². The largest absolute Gasteiger partial charge is 0.395 e. The SMILES string of the molecule is CCCC(=O)N1CCC[C@H]1C(=O)N[C@@H](C[C@H](C)C[C@@H](O)CC(=O)CC)C(=O)NC(C)(C)C(=O)NC(C)(C)C(=O)N[C@H](C(=O)N[C@@H](CC(C)C)C(=O)NC(C)(C)C(=O)N[C@@H](CC(C)C)C(=O)NCCC(=O)N[C@@H](C)CNCCO)[C@@H](C)CC. The van der Waals surface area contributed by atoms with Crippen LogP contribution in [0.3, 0.4) is 0 Å². The Hall–Kier alpha value is -5.75. The van der Waals surface area contributed by atoms with Crippen LogP contribution in [0.15, 0.2) is 0 Å². The van der Waals surface area contributed by atoms with Gasteiger partial charge in [0.25, 0.3) is 0 Å². The van der Waals surface area contributed by atoms with Crippen molar-refractivity contribution in [3.05, 3.63) is 0 Å². The molecule has 1 aliphatic heterocycles. The minimum atomic E-state index is -1.71. The lowest BCUT2D eigenvalue weighted by molar-refractivity contribution is -0.141. The van der Waals surface area contributed by atoms with Crippen LogP contribution in [0.5, 0.6) is 0 Å². The fourth-order valence-corrected chi connectivity index (χ4v) is 9.30. The Bertz CT molecular complexity index is 2150. The zero-order valence-corrected chi connectivity index (χ0v) is 52.2. The highest BCUT2D eigenvalue weighted by atomic mass is 16.3. The van der Waals surface area contributed by atoms with Gasteiger partial charge in [0.1, 0.15) is 52.6 Å². The molecular weight excluding hydrogens is 1060 g/mol. The summed E-state index contributed by atoms with van der Waals surface area (Å²) in [5.74, 6) is -7.14. The van der Waals surface area contributed by atoms with Crippen molar-refractivity contribution in [3.63, 3.8) is 0 Å². The molecule has 24 heteroatoms. The van der Waals surface area contributed by atoms with Crippen LogP contribution in [0.25, 0.3) is 0 Å². The molecule has 0 spiro atoms. The van der Waals surface area contributed by atoms with Crippen LogP contribution in [0.1, 0.15) is 188 Å². The second kappa shape index (κ2) is 35.4. The Morgan fingerprint density at radius 1 is 0.598 bits per heavy atom. The predicted octanol–water partition coefficient (Wildman–Crippen LogP) is 1.28. The van der Waals surface area contributed by atoms with Crippen LogP contribution in [0.2, 0.25) is 0 Å². The van der Waals surface area contributed by atoms with Crippen LogP contribution < -0.4 is 53.2 Å². The molecule has 0 radical (unpaired) electrons. The molecule has 1 saturated heterocycles. The topological polar surface area (TPSA) is 352 Å². The number of carbonyl (C=O) groups excluding carboxylic acids is 11. The van der Waals surface area contributed by atoms with Crippen molar-refractivity contribution in [1.29, 1.82) is 0 Å². The van der Waals surface area contributed by atoms with Gasteiger partial charge in [0, 0.05) is 57.9 Å². The zero-order chi connectivity index (χ0) is 62.9. The van der Waals surface area contributed by atoms with Gasteiger partial charge in [-0.05, 0) is 117 Å². The van der Waals surface area contributed by atoms with E-state index in [4.69, 9.17) is 5.11 Å². The van der Waals surface area contributed by atoms with Gasteiger partial charge in [-0.2, -0.15) is 0 Å². The molecular formula is C58H105N11O13. The van der Waals surface area contributed by atoms with Crippen molar-refractivity contribution in [1.82, 2.24) is 58.1 Å². The van der Waals surface area contributed by atoms with Crippen molar-refractivity contribution in [2.75, 3.05) is 32.8 Å². The minimum Gasteiger partial charge on any atom is -0.395 e. The maximum atomic E-state index is 14.3. The first-order valence-electron chi connectivity index (χ1n) is 29.6. The highest BCUT2D eigenvalue weighted by molar-refractivity contribution is 6.00. The molecule has 0 aromatic carbocycles. The van der Waals surface area contributed by atoms with Gasteiger partial charge in [-0.3, -0.25) is 52.7 Å². The Morgan fingerprint density at radius 3 is 1.67 bits per heavy atom. The van der Waals surface area contributed by atoms with Crippen LogP contribution >= 0.6 is 0 Å². The van der Waals surface area contributed by atoms with Crippen LogP contribution in [0.4, 0.5) is 0 Å². The van der Waals surface area contributed by atoms with E-state index in [1.54, 1.807) is 27.7 Å². The third kappa shape index (κ3) is 26.2. The number of rotatable bonds is 38. The molecule has 0 aromatic heterocycles. The summed E-state index contributed by atoms with van der Waals surface area (Å²) in [7, 11) is 0. The van der Waals surface area contributed by atoms with Gasteiger partial charge in [-0.1, -0.05) is 68.7 Å². The van der Waals surface area contributed by atoms with Crippen LogP contribution in [0, 0.1) is 23.7 Å². The van der Waals surface area contributed by atoms with Gasteiger partial charge in [-0.25, -0.2) is 0 Å². The van der Waals surface area contributed by atoms with Gasteiger partial charge in [0.05, 0.1) is 12.7 Å². The lowest BCUT2D eigenvalue weighted by Gasteiger charge is -2.35. The Morgan fingerprint density at radius 2 is 1.13 bits per heavy atom. The molecule has 1 fully saturated rings. The number of amides is 10. The third-order valence-corrected chi connectivity index (χ3v) is 14.4. The fraction of sp³-hybridized carbons (Fsp3) is 0.810. The number of aliphatic hydroxyl groups is 2. The molecule has 9 atom stereocenters. The molecule has 1 heterocycles. The Kier molecular flexibility index (Phi) is 32.1. The standard InChI is InChI=1S/C58H105N11O13/c1-17-21-46(74)69-26-20-22-44(69)51(78)62-43(31-36(8)30-40(72)32-39(71)19-3)50(77)67-58(15,16)55(82)68-57(13,14)54(81)65-47(37(9)18-2)52(79)63-42(29-35(6)7)49(76)66-56(11,12)53(80)64-41(28-34(4)5)48(75)60-24-23-45(73)61-38(10)33-59-25-27-70/h34-38,40-44,47,59,70,72H,17-33H2,1-16H3,(H,60,75)(H,61,73)(H,62,78)(H,63,79)(H,64,80)(H,65,81)(H,66,76)(H,67,77)(H,68,82)/t36-,37+,38+,40-,41+,42+,43+,44+,47+/m1/s1. The molecule has 1 aliphatic rings. The summed E-state index contributed by atoms with van der Waals surface area (Å²) in [6, 6.07) is -5.69. The number of aliphatic hydroxyl groups excluding tert-OH is 2. The molecule has 10 amide bonds. The quantitative estimate of drug-likeness (QED) is 0.0388. The highest BCUT2D eigenvalue weighted by Crippen LogP contribution is 2.22. The smallest absolute Gasteiger partial charge is 0.246 e. The number of Topliss-reactive ketones (excluding diaryl/α,β-unsaturated/α-hetero) is 1. The van der Waals surface area contributed by atoms with E-state index in [1.807, 2.05) is 41.5 Å². The van der Waals surface area contributed by atoms with Gasteiger partial charge >= 0.3 is 0 Å². The second-order valence-corrected chi connectivity index (χ2v) is 24.8. The molecule has 1 rings (SSSR count). The monoisotopic (exact) mass is 1160 g/mol. The van der Waals surface area contributed by atoms with E-state index >= 15 is 0 Å². The summed E-state index contributed by atoms with van der Waals surface area (Å²) in [4.78, 5) is 151. The Labute approximate surface area is 487 Å². The third-order valence-electron chi connectivity index (χ3n) is 14.4. The fourth-order valence-electron chi connectivity index (χ4n) is 9.30. The zero-order valence-electron chi connectivity index (χ0n) is 52.2. The summed E-state index contributed by atoms with van der Waals surface area (Å²) in [6.07, 6.45) is 1.94. The minimum absolute atomic E-state index is 0.000230. The predicted molar refractivity (Wildman–Crippen MR) is 312 cm³/mol. The molecule has 0 bridgehead atoms. The second-order valence-electron chi connectivity index (χ2n) is 24.8. The summed E-state index contributed by atoms with van der Waals surface area (Å²) < 4.78 is 0. The number of nitrogens with one attached hydrogen (secondary N) is 10. The van der Waals surface area contributed by atoms with E-state index < -0.39 is 112 Å². The molecule has 12 N–H and O–H groups in total. The molecule has 82 heavy (non-hydrogen) atoms. The Balaban J connectivity index is 3.27. The average Bonchev–Trinajstić information content (AvgIpc) is 3.94. The number of nitrogens with zero attached hydrogens (tertiary/aromatic N) is 1. The number of ketones is 1. The first kappa shape index (κ1) is 74.3. The molecule has 0 unspecified atom stereocenters. The average molecular weight is 1160 g/mol. The number of hydrogen-bond donors (Lipinski definition) is 12. The summed E-state index contributed by atoms with van der Waals surface area (Å²) in [5, 5.41) is 47.3. The van der Waals surface area contributed by atoms with Crippen molar-refractivity contribution in [3.8, 4) is 0 Å². The molecule has 0 aromatic rings. The van der Waals surface area contributed by atoms with Gasteiger partial charge in [0.2, 0.25) is 59.1 Å². The molecule has 0 aliphatic carbocycles. The summed E-state index contributed by atoms with van der Waals surface area (Å²) >= 11 is 0. The molecule has 470 valence electrons. The van der Waals surface area contributed by atoms with Gasteiger partial charge < -0.3 is 68.3 Å². The first-order valence-corrected chi connectivity index (χ1v) is 29.6. The van der Waals surface area contributed by atoms with Crippen molar-refractivity contribution < 1.29 is 63.0 Å². The van der Waals surface area contributed by atoms with Crippen molar-refractivity contribution in [2.24, 2.45) is 23.7 Å². The van der Waals surface area contributed by atoms with Gasteiger partial charge in [0.15, 0.2) is 0 Å². The summed E-state index contributed by atoms with van der Waals surface area (Å²) in [6.45, 7) is 27.8.